The second-order valence-electron chi connectivity index (χ2n) is 4.64. The number of fused-ring (bicyclic) bond motifs is 1. The summed E-state index contributed by atoms with van der Waals surface area (Å²) in [6.07, 6.45) is 1.72. The van der Waals surface area contributed by atoms with E-state index in [-0.39, 0.29) is 11.7 Å². The van der Waals surface area contributed by atoms with Gasteiger partial charge in [-0.2, -0.15) is 5.10 Å². The summed E-state index contributed by atoms with van der Waals surface area (Å²) in [6, 6.07) is 11.1. The van der Waals surface area contributed by atoms with Gasteiger partial charge >= 0.3 is 0 Å². The number of benzene rings is 1. The number of pyridine rings is 1. The zero-order valence-corrected chi connectivity index (χ0v) is 11.7. The van der Waals surface area contributed by atoms with Crippen molar-refractivity contribution in [3.63, 3.8) is 0 Å². The molecule has 2 aromatic heterocycles. The minimum absolute atomic E-state index is 0.274. The van der Waals surface area contributed by atoms with Crippen LogP contribution in [0.1, 0.15) is 10.5 Å². The highest BCUT2D eigenvalue weighted by atomic mass is 16.5. The minimum atomic E-state index is -0.274. The Balaban J connectivity index is 1.55. The van der Waals surface area contributed by atoms with Gasteiger partial charge in [0, 0.05) is 17.6 Å². The van der Waals surface area contributed by atoms with E-state index in [1.807, 2.05) is 30.3 Å². The first kappa shape index (κ1) is 13.9. The maximum absolute atomic E-state index is 11.8. The number of amides is 1. The summed E-state index contributed by atoms with van der Waals surface area (Å²) in [7, 11) is 0. The molecular formula is C15H15N5O2. The van der Waals surface area contributed by atoms with Gasteiger partial charge in [-0.25, -0.2) is 0 Å². The summed E-state index contributed by atoms with van der Waals surface area (Å²) in [5.74, 6) is 0.699. The molecule has 22 heavy (non-hydrogen) atoms. The molecule has 0 bridgehead atoms. The molecule has 7 heteroatoms. The number of carbonyl (C=O) groups excluding carboxylic acids is 1. The summed E-state index contributed by atoms with van der Waals surface area (Å²) in [6.45, 7) is 0.700. The van der Waals surface area contributed by atoms with Crippen LogP contribution in [0.2, 0.25) is 0 Å². The standard InChI is InChI=1S/C15H15N5O2/c16-13-9-11(19-20-13)15(21)18-7-8-22-12-5-1-3-10-4-2-6-17-14(10)12/h1-6,9H,7-8H2,(H,18,21)(H3,16,19,20). The van der Waals surface area contributed by atoms with Crippen LogP contribution in [0.4, 0.5) is 5.82 Å². The van der Waals surface area contributed by atoms with Crippen LogP contribution >= 0.6 is 0 Å². The van der Waals surface area contributed by atoms with Gasteiger partial charge in [-0.15, -0.1) is 0 Å². The van der Waals surface area contributed by atoms with E-state index in [0.717, 1.165) is 10.9 Å². The van der Waals surface area contributed by atoms with Crippen LogP contribution in [0.25, 0.3) is 10.9 Å². The predicted octanol–water partition coefficient (Wildman–Crippen LogP) is 1.35. The van der Waals surface area contributed by atoms with Crippen LogP contribution in [0.15, 0.2) is 42.6 Å². The summed E-state index contributed by atoms with van der Waals surface area (Å²) in [4.78, 5) is 16.1. The Labute approximate surface area is 126 Å². The van der Waals surface area contributed by atoms with Crippen LogP contribution in [-0.2, 0) is 0 Å². The summed E-state index contributed by atoms with van der Waals surface area (Å²) in [5.41, 5.74) is 6.57. The third kappa shape index (κ3) is 2.98. The van der Waals surface area contributed by atoms with Gasteiger partial charge in [0.2, 0.25) is 0 Å². The monoisotopic (exact) mass is 297 g/mol. The van der Waals surface area contributed by atoms with Crippen molar-refractivity contribution in [2.45, 2.75) is 0 Å². The molecule has 4 N–H and O–H groups in total. The van der Waals surface area contributed by atoms with E-state index in [0.29, 0.717) is 24.6 Å². The summed E-state index contributed by atoms with van der Waals surface area (Å²) >= 11 is 0. The van der Waals surface area contributed by atoms with E-state index in [9.17, 15) is 4.79 Å². The average Bonchev–Trinajstić information content (AvgIpc) is 2.98. The number of nitrogen functional groups attached to an aromatic ring is 1. The number of hydrogen-bond donors (Lipinski definition) is 3. The minimum Gasteiger partial charge on any atom is -0.489 e. The molecule has 112 valence electrons. The lowest BCUT2D eigenvalue weighted by atomic mass is 10.2. The molecule has 2 heterocycles. The van der Waals surface area contributed by atoms with Gasteiger partial charge in [0.1, 0.15) is 29.4 Å². The lowest BCUT2D eigenvalue weighted by Crippen LogP contribution is -2.28. The first-order valence-corrected chi connectivity index (χ1v) is 6.79. The summed E-state index contributed by atoms with van der Waals surface area (Å²) in [5, 5.41) is 9.98. The third-order valence-electron chi connectivity index (χ3n) is 3.08. The predicted molar refractivity (Wildman–Crippen MR) is 82.6 cm³/mol. The molecule has 0 saturated carbocycles. The van der Waals surface area contributed by atoms with Crippen molar-refractivity contribution < 1.29 is 9.53 Å². The van der Waals surface area contributed by atoms with E-state index in [2.05, 4.69) is 20.5 Å². The van der Waals surface area contributed by atoms with E-state index in [1.54, 1.807) is 6.20 Å². The quantitative estimate of drug-likeness (QED) is 0.616. The second-order valence-corrected chi connectivity index (χ2v) is 4.64. The Bertz CT molecular complexity index is 794. The molecule has 0 atom stereocenters. The molecule has 1 aromatic carbocycles. The largest absolute Gasteiger partial charge is 0.489 e. The highest BCUT2D eigenvalue weighted by Crippen LogP contribution is 2.22. The van der Waals surface area contributed by atoms with Gasteiger partial charge in [0.15, 0.2) is 0 Å². The molecule has 0 unspecified atom stereocenters. The van der Waals surface area contributed by atoms with Crippen molar-refractivity contribution in [2.24, 2.45) is 0 Å². The average molecular weight is 297 g/mol. The molecule has 0 aliphatic rings. The van der Waals surface area contributed by atoms with Gasteiger partial charge in [-0.05, 0) is 12.1 Å². The maximum atomic E-state index is 11.8. The topological polar surface area (TPSA) is 106 Å². The molecular weight excluding hydrogens is 282 g/mol. The Morgan fingerprint density at radius 3 is 3.00 bits per heavy atom. The first-order chi connectivity index (χ1) is 10.7. The molecule has 1 amide bonds. The smallest absolute Gasteiger partial charge is 0.269 e. The maximum Gasteiger partial charge on any atom is 0.269 e. The van der Waals surface area contributed by atoms with Gasteiger partial charge in [-0.1, -0.05) is 18.2 Å². The van der Waals surface area contributed by atoms with E-state index < -0.39 is 0 Å². The Kier molecular flexibility index (Phi) is 3.86. The van der Waals surface area contributed by atoms with Crippen molar-refractivity contribution >= 4 is 22.6 Å². The number of nitrogens with two attached hydrogens (primary N) is 1. The second kappa shape index (κ2) is 6.13. The van der Waals surface area contributed by atoms with Crippen LogP contribution in [0.3, 0.4) is 0 Å². The van der Waals surface area contributed by atoms with Crippen molar-refractivity contribution in [1.29, 1.82) is 0 Å². The number of para-hydroxylation sites is 1. The first-order valence-electron chi connectivity index (χ1n) is 6.79. The van der Waals surface area contributed by atoms with Crippen molar-refractivity contribution in [3.05, 3.63) is 48.3 Å². The number of hydrogen-bond acceptors (Lipinski definition) is 5. The van der Waals surface area contributed by atoms with Gasteiger partial charge in [0.05, 0.1) is 6.54 Å². The molecule has 0 aliphatic heterocycles. The Morgan fingerprint density at radius 2 is 2.18 bits per heavy atom. The summed E-state index contributed by atoms with van der Waals surface area (Å²) < 4.78 is 5.68. The molecule has 0 saturated heterocycles. The molecule has 0 spiro atoms. The highest BCUT2D eigenvalue weighted by Gasteiger charge is 2.08. The molecule has 3 aromatic rings. The molecule has 7 nitrogen and oxygen atoms in total. The van der Waals surface area contributed by atoms with Crippen molar-refractivity contribution in [1.82, 2.24) is 20.5 Å². The Morgan fingerprint density at radius 1 is 1.32 bits per heavy atom. The van der Waals surface area contributed by atoms with Crippen LogP contribution in [-0.4, -0.2) is 34.2 Å². The van der Waals surface area contributed by atoms with Crippen LogP contribution in [0, 0.1) is 0 Å². The number of nitrogens with zero attached hydrogens (tertiary/aromatic N) is 2. The number of H-pyrrole nitrogens is 1. The number of carbonyl (C=O) groups is 1. The molecule has 0 aliphatic carbocycles. The van der Waals surface area contributed by atoms with E-state index in [4.69, 9.17) is 10.5 Å². The van der Waals surface area contributed by atoms with Crippen molar-refractivity contribution in [2.75, 3.05) is 18.9 Å². The van der Waals surface area contributed by atoms with Crippen LogP contribution in [0.5, 0.6) is 5.75 Å². The normalized spacial score (nSPS) is 10.5. The molecule has 3 rings (SSSR count). The zero-order chi connectivity index (χ0) is 15.4. The van der Waals surface area contributed by atoms with Gasteiger partial charge in [-0.3, -0.25) is 14.9 Å². The number of aromatic amines is 1. The Hall–Kier alpha value is -3.09. The van der Waals surface area contributed by atoms with Gasteiger partial charge < -0.3 is 15.8 Å². The fourth-order valence-corrected chi connectivity index (χ4v) is 2.07. The van der Waals surface area contributed by atoms with E-state index >= 15 is 0 Å². The SMILES string of the molecule is Nc1cc(C(=O)NCCOc2cccc3cccnc23)[nH]n1. The number of anilines is 1. The number of ether oxygens (including phenoxy) is 1. The van der Waals surface area contributed by atoms with Gasteiger partial charge in [0.25, 0.3) is 5.91 Å². The number of rotatable bonds is 5. The third-order valence-corrected chi connectivity index (χ3v) is 3.08. The fourth-order valence-electron chi connectivity index (χ4n) is 2.07. The van der Waals surface area contributed by atoms with Crippen LogP contribution < -0.4 is 15.8 Å². The molecule has 0 fully saturated rings. The lowest BCUT2D eigenvalue weighted by molar-refractivity contribution is 0.0942. The number of aromatic nitrogens is 3. The highest BCUT2D eigenvalue weighted by molar-refractivity contribution is 5.92. The van der Waals surface area contributed by atoms with E-state index in [1.165, 1.54) is 6.07 Å². The van der Waals surface area contributed by atoms with Crippen molar-refractivity contribution in [3.8, 4) is 5.75 Å². The fraction of sp³-hybridized carbons (Fsp3) is 0.133. The molecule has 0 radical (unpaired) electrons. The lowest BCUT2D eigenvalue weighted by Gasteiger charge is -2.09. The zero-order valence-electron chi connectivity index (χ0n) is 11.7. The number of nitrogens with one attached hydrogen (secondary N) is 2.